The lowest BCUT2D eigenvalue weighted by Crippen LogP contribution is -2.42. The van der Waals surface area contributed by atoms with Crippen LogP contribution in [0.3, 0.4) is 0 Å². The van der Waals surface area contributed by atoms with Gasteiger partial charge in [-0.05, 0) is 23.6 Å². The summed E-state index contributed by atoms with van der Waals surface area (Å²) in [4.78, 5) is 23.5. The molecule has 5 heteroatoms. The van der Waals surface area contributed by atoms with Crippen molar-refractivity contribution in [3.63, 3.8) is 0 Å². The second-order valence-electron chi connectivity index (χ2n) is 5.46. The molecule has 126 valence electrons. The van der Waals surface area contributed by atoms with Crippen molar-refractivity contribution >= 4 is 11.9 Å². The first-order valence-electron chi connectivity index (χ1n) is 7.78. The van der Waals surface area contributed by atoms with E-state index < -0.39 is 12.0 Å². The fourth-order valence-electron chi connectivity index (χ4n) is 2.47. The highest BCUT2D eigenvalue weighted by Gasteiger charge is 2.20. The molecule has 0 saturated heterocycles. The second-order valence-corrected chi connectivity index (χ2v) is 5.46. The summed E-state index contributed by atoms with van der Waals surface area (Å²) in [6.07, 6.45) is 0.961. The number of benzene rings is 2. The number of carbonyl (C=O) groups is 2. The molecule has 0 aromatic heterocycles. The molecule has 2 N–H and O–H groups in total. The number of aryl methyl sites for hydroxylation is 1. The minimum atomic E-state index is -1.04. The molecule has 2 aromatic rings. The Hall–Kier alpha value is -2.82. The van der Waals surface area contributed by atoms with Crippen LogP contribution in [0.1, 0.15) is 17.5 Å². The van der Waals surface area contributed by atoms with Crippen molar-refractivity contribution in [1.82, 2.24) is 5.32 Å². The molecule has 5 nitrogen and oxygen atoms in total. The number of nitrogens with one attached hydrogen (secondary N) is 1. The average molecular weight is 327 g/mol. The van der Waals surface area contributed by atoms with Crippen molar-refractivity contribution in [3.8, 4) is 5.75 Å². The van der Waals surface area contributed by atoms with Crippen LogP contribution in [0.25, 0.3) is 0 Å². The molecule has 2 aromatic carbocycles. The molecule has 0 aliphatic rings. The van der Waals surface area contributed by atoms with Gasteiger partial charge in [0.15, 0.2) is 0 Å². The molecule has 0 saturated carbocycles. The summed E-state index contributed by atoms with van der Waals surface area (Å²) in [5, 5.41) is 11.9. The normalized spacial score (nSPS) is 11.5. The lowest BCUT2D eigenvalue weighted by atomic mass is 10.0. The zero-order valence-electron chi connectivity index (χ0n) is 13.6. The van der Waals surface area contributed by atoms with Crippen LogP contribution in [0, 0.1) is 0 Å². The summed E-state index contributed by atoms with van der Waals surface area (Å²) in [6.45, 7) is 0. The highest BCUT2D eigenvalue weighted by atomic mass is 16.5. The summed E-state index contributed by atoms with van der Waals surface area (Å²) in [5.41, 5.74) is 1.79. The van der Waals surface area contributed by atoms with E-state index in [1.54, 1.807) is 7.11 Å². The van der Waals surface area contributed by atoms with Gasteiger partial charge in [-0.25, -0.2) is 4.79 Å². The largest absolute Gasteiger partial charge is 0.496 e. The van der Waals surface area contributed by atoms with Crippen molar-refractivity contribution in [2.45, 2.75) is 25.3 Å². The maximum atomic E-state index is 12.1. The first-order valence-corrected chi connectivity index (χ1v) is 7.78. The number of para-hydroxylation sites is 1. The molecular formula is C19H21NO4. The second kappa shape index (κ2) is 8.72. The SMILES string of the molecule is COc1ccccc1CCC(=O)NC(Cc1ccccc1)C(=O)O. The van der Waals surface area contributed by atoms with E-state index in [4.69, 9.17) is 4.74 Å². The Morgan fingerprint density at radius 1 is 1.08 bits per heavy atom. The topological polar surface area (TPSA) is 75.6 Å². The lowest BCUT2D eigenvalue weighted by molar-refractivity contribution is -0.141. The van der Waals surface area contributed by atoms with Gasteiger partial charge in [-0.2, -0.15) is 0 Å². The third-order valence-corrected chi connectivity index (χ3v) is 3.73. The molecule has 0 heterocycles. The van der Waals surface area contributed by atoms with Gasteiger partial charge in [0.05, 0.1) is 7.11 Å². The van der Waals surface area contributed by atoms with E-state index in [0.29, 0.717) is 6.42 Å². The molecule has 0 aliphatic carbocycles. The van der Waals surface area contributed by atoms with Crippen LogP contribution in [0.5, 0.6) is 5.75 Å². The van der Waals surface area contributed by atoms with Crippen molar-refractivity contribution in [2.75, 3.05) is 7.11 Å². The number of methoxy groups -OCH3 is 1. The van der Waals surface area contributed by atoms with Crippen LogP contribution in [-0.4, -0.2) is 30.1 Å². The minimum absolute atomic E-state index is 0.207. The van der Waals surface area contributed by atoms with Gasteiger partial charge < -0.3 is 15.2 Å². The summed E-state index contributed by atoms with van der Waals surface area (Å²) in [5.74, 6) is -0.599. The first kappa shape index (κ1) is 17.5. The van der Waals surface area contributed by atoms with E-state index in [0.717, 1.165) is 16.9 Å². The highest BCUT2D eigenvalue weighted by molar-refractivity contribution is 5.83. The quantitative estimate of drug-likeness (QED) is 0.781. The molecule has 1 atom stereocenters. The molecule has 1 unspecified atom stereocenters. The van der Waals surface area contributed by atoms with Crippen LogP contribution in [0.15, 0.2) is 54.6 Å². The molecule has 24 heavy (non-hydrogen) atoms. The number of carboxylic acid groups (broad SMARTS) is 1. The molecule has 0 radical (unpaired) electrons. The van der Waals surface area contributed by atoms with Gasteiger partial charge in [0, 0.05) is 12.8 Å². The van der Waals surface area contributed by atoms with Gasteiger partial charge in [-0.1, -0.05) is 48.5 Å². The van der Waals surface area contributed by atoms with Crippen molar-refractivity contribution in [3.05, 3.63) is 65.7 Å². The fraction of sp³-hybridized carbons (Fsp3) is 0.263. The number of carboxylic acids is 1. The molecule has 1 amide bonds. The molecule has 0 bridgehead atoms. The third kappa shape index (κ3) is 5.12. The van der Waals surface area contributed by atoms with Gasteiger partial charge in [-0.15, -0.1) is 0 Å². The fourth-order valence-corrected chi connectivity index (χ4v) is 2.47. The average Bonchev–Trinajstić information content (AvgIpc) is 2.60. The van der Waals surface area contributed by atoms with E-state index in [-0.39, 0.29) is 18.7 Å². The van der Waals surface area contributed by atoms with E-state index >= 15 is 0 Å². The number of hydrogen-bond donors (Lipinski definition) is 2. The summed E-state index contributed by atoms with van der Waals surface area (Å²) < 4.78 is 5.25. The third-order valence-electron chi connectivity index (χ3n) is 3.73. The van der Waals surface area contributed by atoms with E-state index in [1.807, 2.05) is 54.6 Å². The Kier molecular flexibility index (Phi) is 6.37. The van der Waals surface area contributed by atoms with E-state index in [2.05, 4.69) is 5.32 Å². The van der Waals surface area contributed by atoms with E-state index in [1.165, 1.54) is 0 Å². The standard InChI is InChI=1S/C19H21NO4/c1-24-17-10-6-5-9-15(17)11-12-18(21)20-16(19(22)23)13-14-7-3-2-4-8-14/h2-10,16H,11-13H2,1H3,(H,20,21)(H,22,23). The Balaban J connectivity index is 1.92. The monoisotopic (exact) mass is 327 g/mol. The van der Waals surface area contributed by atoms with Gasteiger partial charge >= 0.3 is 5.97 Å². The smallest absolute Gasteiger partial charge is 0.326 e. The van der Waals surface area contributed by atoms with Crippen LogP contribution in [0.2, 0.25) is 0 Å². The maximum absolute atomic E-state index is 12.1. The van der Waals surface area contributed by atoms with Gasteiger partial charge in [0.2, 0.25) is 5.91 Å². The maximum Gasteiger partial charge on any atom is 0.326 e. The number of ether oxygens (including phenoxy) is 1. The molecule has 0 spiro atoms. The number of hydrogen-bond acceptors (Lipinski definition) is 3. The van der Waals surface area contributed by atoms with Crippen molar-refractivity contribution < 1.29 is 19.4 Å². The Labute approximate surface area is 141 Å². The van der Waals surface area contributed by atoms with Crippen LogP contribution in [-0.2, 0) is 22.4 Å². The molecular weight excluding hydrogens is 306 g/mol. The van der Waals surface area contributed by atoms with Crippen LogP contribution in [0.4, 0.5) is 0 Å². The molecule has 2 rings (SSSR count). The predicted molar refractivity (Wildman–Crippen MR) is 91.0 cm³/mol. The zero-order chi connectivity index (χ0) is 17.4. The number of rotatable bonds is 8. The summed E-state index contributed by atoms with van der Waals surface area (Å²) >= 11 is 0. The van der Waals surface area contributed by atoms with Crippen molar-refractivity contribution in [1.29, 1.82) is 0 Å². The zero-order valence-corrected chi connectivity index (χ0v) is 13.6. The number of amides is 1. The summed E-state index contributed by atoms with van der Waals surface area (Å²) in [7, 11) is 1.58. The lowest BCUT2D eigenvalue weighted by Gasteiger charge is -2.15. The molecule has 0 aliphatic heterocycles. The summed E-state index contributed by atoms with van der Waals surface area (Å²) in [6, 6.07) is 15.8. The predicted octanol–water partition coefficient (Wildman–Crippen LogP) is 2.44. The van der Waals surface area contributed by atoms with Crippen molar-refractivity contribution in [2.24, 2.45) is 0 Å². The van der Waals surface area contributed by atoms with Gasteiger partial charge in [-0.3, -0.25) is 4.79 Å². The first-order chi connectivity index (χ1) is 11.6. The van der Waals surface area contributed by atoms with Crippen LogP contribution < -0.4 is 10.1 Å². The van der Waals surface area contributed by atoms with E-state index in [9.17, 15) is 14.7 Å². The Morgan fingerprint density at radius 3 is 2.42 bits per heavy atom. The van der Waals surface area contributed by atoms with Crippen LogP contribution >= 0.6 is 0 Å². The minimum Gasteiger partial charge on any atom is -0.496 e. The highest BCUT2D eigenvalue weighted by Crippen LogP contribution is 2.18. The van der Waals surface area contributed by atoms with Gasteiger partial charge in [0.25, 0.3) is 0 Å². The number of carbonyl (C=O) groups excluding carboxylic acids is 1. The number of aliphatic carboxylic acids is 1. The molecule has 0 fully saturated rings. The Bertz CT molecular complexity index is 685. The Morgan fingerprint density at radius 2 is 1.75 bits per heavy atom. The van der Waals surface area contributed by atoms with Gasteiger partial charge in [0.1, 0.15) is 11.8 Å².